The van der Waals surface area contributed by atoms with Crippen molar-refractivity contribution in [3.05, 3.63) is 65.7 Å². The van der Waals surface area contributed by atoms with Gasteiger partial charge in [0, 0.05) is 0 Å². The largest absolute Gasteiger partial charge is 0.545 e. The number of thioether (sulfide) groups is 1. The smallest absolute Gasteiger partial charge is 0.239 e. The molecule has 0 bridgehead atoms. The van der Waals surface area contributed by atoms with Gasteiger partial charge >= 0.3 is 0 Å². The fourth-order valence-corrected chi connectivity index (χ4v) is 3.09. The molecular weight excluding hydrogens is 312 g/mol. The van der Waals surface area contributed by atoms with Crippen molar-refractivity contribution >= 4 is 34.5 Å². The summed E-state index contributed by atoms with van der Waals surface area (Å²) < 4.78 is 0. The fourth-order valence-electron chi connectivity index (χ4n) is 2.19. The number of amidine groups is 1. The SMILES string of the molecule is O=C([O-])c1ccc(N=C2SCC(=O)N2Cc2ccccc2)cc1. The Morgan fingerprint density at radius 3 is 2.48 bits per heavy atom. The molecule has 1 aliphatic heterocycles. The van der Waals surface area contributed by atoms with E-state index in [0.717, 1.165) is 5.56 Å². The van der Waals surface area contributed by atoms with Crippen LogP contribution in [-0.2, 0) is 11.3 Å². The molecule has 0 saturated carbocycles. The second-order valence-electron chi connectivity index (χ2n) is 4.98. The predicted molar refractivity (Wildman–Crippen MR) is 87.3 cm³/mol. The quantitative estimate of drug-likeness (QED) is 0.859. The Morgan fingerprint density at radius 1 is 1.13 bits per heavy atom. The molecule has 1 heterocycles. The molecule has 1 amide bonds. The number of nitrogens with zero attached hydrogens (tertiary/aromatic N) is 2. The first-order chi connectivity index (χ1) is 11.1. The van der Waals surface area contributed by atoms with E-state index in [1.165, 1.54) is 23.9 Å². The van der Waals surface area contributed by atoms with E-state index < -0.39 is 5.97 Å². The Morgan fingerprint density at radius 2 is 1.83 bits per heavy atom. The second-order valence-corrected chi connectivity index (χ2v) is 5.93. The summed E-state index contributed by atoms with van der Waals surface area (Å²) in [4.78, 5) is 28.9. The summed E-state index contributed by atoms with van der Waals surface area (Å²) in [5.41, 5.74) is 1.74. The molecule has 5 nitrogen and oxygen atoms in total. The molecule has 1 saturated heterocycles. The van der Waals surface area contributed by atoms with Crippen LogP contribution in [0.25, 0.3) is 0 Å². The van der Waals surface area contributed by atoms with Crippen LogP contribution in [0.1, 0.15) is 15.9 Å². The second kappa shape index (κ2) is 6.66. The third-order valence-corrected chi connectivity index (χ3v) is 4.33. The molecule has 0 aromatic heterocycles. The summed E-state index contributed by atoms with van der Waals surface area (Å²) in [5, 5.41) is 11.4. The zero-order valence-electron chi connectivity index (χ0n) is 12.1. The summed E-state index contributed by atoms with van der Waals surface area (Å²) in [6, 6.07) is 15.8. The van der Waals surface area contributed by atoms with Crippen molar-refractivity contribution in [3.8, 4) is 0 Å². The lowest BCUT2D eigenvalue weighted by atomic mass is 10.2. The molecule has 3 rings (SSSR count). The van der Waals surface area contributed by atoms with E-state index in [1.54, 1.807) is 17.0 Å². The Kier molecular flexibility index (Phi) is 4.43. The molecule has 0 spiro atoms. The van der Waals surface area contributed by atoms with Gasteiger partial charge in [-0.15, -0.1) is 0 Å². The Bertz CT molecular complexity index is 757. The number of carbonyl (C=O) groups is 2. The van der Waals surface area contributed by atoms with Gasteiger partial charge in [-0.3, -0.25) is 9.69 Å². The number of rotatable bonds is 4. The molecule has 1 fully saturated rings. The minimum Gasteiger partial charge on any atom is -0.545 e. The minimum absolute atomic E-state index is 0.0176. The lowest BCUT2D eigenvalue weighted by molar-refractivity contribution is -0.255. The average molecular weight is 325 g/mol. The van der Waals surface area contributed by atoms with Gasteiger partial charge in [-0.05, 0) is 23.3 Å². The number of carboxylic acid groups (broad SMARTS) is 1. The predicted octanol–water partition coefficient (Wildman–Crippen LogP) is 1.81. The molecule has 1 aliphatic rings. The topological polar surface area (TPSA) is 72.8 Å². The highest BCUT2D eigenvalue weighted by molar-refractivity contribution is 8.15. The van der Waals surface area contributed by atoms with Gasteiger partial charge in [-0.1, -0.05) is 54.2 Å². The summed E-state index contributed by atoms with van der Waals surface area (Å²) in [7, 11) is 0. The van der Waals surface area contributed by atoms with Crippen LogP contribution in [0.2, 0.25) is 0 Å². The standard InChI is InChI=1S/C17H14N2O3S/c20-15-11-23-17(19(15)10-12-4-2-1-3-5-12)18-14-8-6-13(7-9-14)16(21)22/h1-9H,10-11H2,(H,21,22)/p-1. The highest BCUT2D eigenvalue weighted by Gasteiger charge is 2.28. The van der Waals surface area contributed by atoms with Gasteiger partial charge < -0.3 is 9.90 Å². The molecule has 23 heavy (non-hydrogen) atoms. The van der Waals surface area contributed by atoms with Crippen LogP contribution >= 0.6 is 11.8 Å². The van der Waals surface area contributed by atoms with Gasteiger partial charge in [0.1, 0.15) is 0 Å². The van der Waals surface area contributed by atoms with E-state index in [1.807, 2.05) is 30.3 Å². The molecule has 2 aromatic carbocycles. The third kappa shape index (κ3) is 3.60. The van der Waals surface area contributed by atoms with Crippen molar-refractivity contribution in [2.24, 2.45) is 4.99 Å². The van der Waals surface area contributed by atoms with Gasteiger partial charge in [-0.25, -0.2) is 4.99 Å². The number of hydrogen-bond acceptors (Lipinski definition) is 5. The monoisotopic (exact) mass is 325 g/mol. The number of carbonyl (C=O) groups excluding carboxylic acids is 2. The molecule has 0 aliphatic carbocycles. The molecule has 0 radical (unpaired) electrons. The highest BCUT2D eigenvalue weighted by atomic mass is 32.2. The number of carboxylic acids is 1. The third-order valence-electron chi connectivity index (χ3n) is 3.37. The number of benzene rings is 2. The van der Waals surface area contributed by atoms with Crippen LogP contribution in [0.3, 0.4) is 0 Å². The molecule has 116 valence electrons. The lowest BCUT2D eigenvalue weighted by Gasteiger charge is -2.16. The van der Waals surface area contributed by atoms with Crippen LogP contribution in [-0.4, -0.2) is 27.7 Å². The lowest BCUT2D eigenvalue weighted by Crippen LogP contribution is -2.28. The highest BCUT2D eigenvalue weighted by Crippen LogP contribution is 2.25. The van der Waals surface area contributed by atoms with Gasteiger partial charge in [0.15, 0.2) is 5.17 Å². The van der Waals surface area contributed by atoms with E-state index in [-0.39, 0.29) is 11.5 Å². The van der Waals surface area contributed by atoms with Gasteiger partial charge in [0.05, 0.1) is 24.0 Å². The number of amides is 1. The zero-order valence-corrected chi connectivity index (χ0v) is 13.0. The molecular formula is C17H13N2O3S-. The van der Waals surface area contributed by atoms with Crippen molar-refractivity contribution in [1.29, 1.82) is 0 Å². The van der Waals surface area contributed by atoms with Crippen molar-refractivity contribution in [2.75, 3.05) is 5.75 Å². The Labute approximate surface area is 137 Å². The summed E-state index contributed by atoms with van der Waals surface area (Å²) in [5.74, 6) is -0.840. The Balaban J connectivity index is 1.82. The van der Waals surface area contributed by atoms with E-state index in [4.69, 9.17) is 0 Å². The average Bonchev–Trinajstić information content (AvgIpc) is 2.89. The van der Waals surface area contributed by atoms with E-state index >= 15 is 0 Å². The first-order valence-corrected chi connectivity index (χ1v) is 7.99. The normalized spacial score (nSPS) is 16.1. The van der Waals surface area contributed by atoms with Crippen LogP contribution in [0.5, 0.6) is 0 Å². The molecule has 2 aromatic rings. The fraction of sp³-hybridized carbons (Fsp3) is 0.118. The van der Waals surface area contributed by atoms with Crippen molar-refractivity contribution in [3.63, 3.8) is 0 Å². The van der Waals surface area contributed by atoms with E-state index in [2.05, 4.69) is 4.99 Å². The maximum absolute atomic E-state index is 12.1. The number of hydrogen-bond donors (Lipinski definition) is 0. The maximum Gasteiger partial charge on any atom is 0.239 e. The molecule has 0 N–H and O–H groups in total. The van der Waals surface area contributed by atoms with Crippen LogP contribution < -0.4 is 5.11 Å². The number of aromatic carboxylic acids is 1. The van der Waals surface area contributed by atoms with Crippen molar-refractivity contribution in [2.45, 2.75) is 6.54 Å². The Hall–Kier alpha value is -2.60. The van der Waals surface area contributed by atoms with Crippen molar-refractivity contribution in [1.82, 2.24) is 4.90 Å². The zero-order chi connectivity index (χ0) is 16.2. The van der Waals surface area contributed by atoms with Crippen LogP contribution in [0, 0.1) is 0 Å². The van der Waals surface area contributed by atoms with Gasteiger partial charge in [0.2, 0.25) is 5.91 Å². The van der Waals surface area contributed by atoms with E-state index in [0.29, 0.717) is 23.2 Å². The van der Waals surface area contributed by atoms with Crippen LogP contribution in [0.15, 0.2) is 59.6 Å². The van der Waals surface area contributed by atoms with Crippen LogP contribution in [0.4, 0.5) is 5.69 Å². The van der Waals surface area contributed by atoms with Gasteiger partial charge in [-0.2, -0.15) is 0 Å². The maximum atomic E-state index is 12.1. The van der Waals surface area contributed by atoms with Gasteiger partial charge in [0.25, 0.3) is 0 Å². The summed E-state index contributed by atoms with van der Waals surface area (Å²) in [6.07, 6.45) is 0. The first kappa shape index (κ1) is 15.3. The minimum atomic E-state index is -1.22. The number of aliphatic imine (C=N–C) groups is 1. The molecule has 0 atom stereocenters. The molecule has 6 heteroatoms. The summed E-state index contributed by atoms with van der Waals surface area (Å²) in [6.45, 7) is 0.475. The van der Waals surface area contributed by atoms with E-state index in [9.17, 15) is 14.7 Å². The summed E-state index contributed by atoms with van der Waals surface area (Å²) >= 11 is 1.38. The van der Waals surface area contributed by atoms with Crippen molar-refractivity contribution < 1.29 is 14.7 Å². The molecule has 0 unspecified atom stereocenters. The first-order valence-electron chi connectivity index (χ1n) is 7.00.